The second-order valence-electron chi connectivity index (χ2n) is 5.55. The Morgan fingerprint density at radius 3 is 2.80 bits per heavy atom. The van der Waals surface area contributed by atoms with Crippen molar-refractivity contribution in [2.45, 2.75) is 12.8 Å². The minimum absolute atomic E-state index is 0.0646. The fourth-order valence-electron chi connectivity index (χ4n) is 2.10. The number of hydrazone groups is 1. The monoisotopic (exact) mass is 339 g/mol. The van der Waals surface area contributed by atoms with E-state index in [1.807, 2.05) is 0 Å². The van der Waals surface area contributed by atoms with Gasteiger partial charge in [0, 0.05) is 18.3 Å². The number of amides is 1. The summed E-state index contributed by atoms with van der Waals surface area (Å²) in [6.07, 6.45) is 6.36. The lowest BCUT2D eigenvalue weighted by molar-refractivity contribution is -0.122. The van der Waals surface area contributed by atoms with Crippen molar-refractivity contribution >= 4 is 18.1 Å². The molecule has 0 bridgehead atoms. The van der Waals surface area contributed by atoms with Crippen LogP contribution in [0.3, 0.4) is 0 Å². The van der Waals surface area contributed by atoms with Crippen LogP contribution in [0.4, 0.5) is 0 Å². The number of aromatic nitrogens is 1. The van der Waals surface area contributed by atoms with Gasteiger partial charge in [0.2, 0.25) is 5.91 Å². The molecule has 1 fully saturated rings. The number of carbonyl (C=O) groups excluding carboxylic acids is 2. The molecule has 25 heavy (non-hydrogen) atoms. The molecular formula is C18H17N3O4. The van der Waals surface area contributed by atoms with Crippen molar-refractivity contribution in [1.82, 2.24) is 10.4 Å². The Morgan fingerprint density at radius 2 is 2.12 bits per heavy atom. The Morgan fingerprint density at radius 1 is 1.28 bits per heavy atom. The third-order valence-electron chi connectivity index (χ3n) is 3.62. The predicted octanol–water partition coefficient (Wildman–Crippen LogP) is 2.17. The van der Waals surface area contributed by atoms with Crippen LogP contribution < -0.4 is 14.9 Å². The van der Waals surface area contributed by atoms with E-state index in [1.165, 1.54) is 19.5 Å². The number of nitrogens with one attached hydrogen (secondary N) is 1. The summed E-state index contributed by atoms with van der Waals surface area (Å²) in [5.41, 5.74) is 3.54. The maximum atomic E-state index is 12.1. The minimum Gasteiger partial charge on any atom is -0.493 e. The van der Waals surface area contributed by atoms with Crippen molar-refractivity contribution in [1.29, 1.82) is 0 Å². The highest BCUT2D eigenvalue weighted by atomic mass is 16.6. The highest BCUT2D eigenvalue weighted by molar-refractivity contribution is 5.91. The van der Waals surface area contributed by atoms with Gasteiger partial charge in [-0.3, -0.25) is 9.78 Å². The molecular weight excluding hydrogens is 322 g/mol. The SMILES string of the molecule is COc1cc(/C=N\NC(=O)C2CC2)ccc1OC(=O)c1cccnc1. The summed E-state index contributed by atoms with van der Waals surface area (Å²) in [4.78, 5) is 27.5. The molecule has 0 spiro atoms. The molecule has 1 amide bonds. The molecule has 0 saturated heterocycles. The molecule has 1 saturated carbocycles. The van der Waals surface area contributed by atoms with E-state index in [-0.39, 0.29) is 17.6 Å². The van der Waals surface area contributed by atoms with Crippen LogP contribution in [-0.2, 0) is 4.79 Å². The maximum absolute atomic E-state index is 12.1. The lowest BCUT2D eigenvalue weighted by Gasteiger charge is -2.09. The quantitative estimate of drug-likeness (QED) is 0.377. The summed E-state index contributed by atoms with van der Waals surface area (Å²) < 4.78 is 10.6. The third kappa shape index (κ3) is 4.41. The van der Waals surface area contributed by atoms with Crippen LogP contribution in [0.15, 0.2) is 47.8 Å². The average molecular weight is 339 g/mol. The number of rotatable bonds is 6. The van der Waals surface area contributed by atoms with Gasteiger partial charge >= 0.3 is 5.97 Å². The number of pyridine rings is 1. The van der Waals surface area contributed by atoms with Crippen molar-refractivity contribution in [2.75, 3.05) is 7.11 Å². The van der Waals surface area contributed by atoms with Gasteiger partial charge in [-0.05, 0) is 48.7 Å². The molecule has 1 aliphatic carbocycles. The lowest BCUT2D eigenvalue weighted by atomic mass is 10.2. The summed E-state index contributed by atoms with van der Waals surface area (Å²) in [6, 6.07) is 8.26. The molecule has 1 aromatic carbocycles. The van der Waals surface area contributed by atoms with Crippen molar-refractivity contribution in [3.8, 4) is 11.5 Å². The Kier molecular flexibility index (Phi) is 5.03. The van der Waals surface area contributed by atoms with Crippen molar-refractivity contribution in [3.63, 3.8) is 0 Å². The van der Waals surface area contributed by atoms with Gasteiger partial charge in [0.25, 0.3) is 0 Å². The first-order chi connectivity index (χ1) is 12.2. The standard InChI is InChI=1S/C18H17N3O4/c1-24-16-9-12(10-20-21-17(22)13-5-6-13)4-7-15(16)25-18(23)14-3-2-8-19-11-14/h2-4,7-11,13H,5-6H2,1H3,(H,21,22)/b20-10-. The van der Waals surface area contributed by atoms with Crippen molar-refractivity contribution in [3.05, 3.63) is 53.9 Å². The van der Waals surface area contributed by atoms with Crippen LogP contribution in [0.2, 0.25) is 0 Å². The predicted molar refractivity (Wildman–Crippen MR) is 90.7 cm³/mol. The molecule has 0 atom stereocenters. The molecule has 128 valence electrons. The Hall–Kier alpha value is -3.22. The Balaban J connectivity index is 1.67. The zero-order valence-electron chi connectivity index (χ0n) is 13.6. The van der Waals surface area contributed by atoms with Gasteiger partial charge in [0.15, 0.2) is 11.5 Å². The van der Waals surface area contributed by atoms with Crippen LogP contribution in [0.25, 0.3) is 0 Å². The molecule has 0 unspecified atom stereocenters. The molecule has 1 N–H and O–H groups in total. The van der Waals surface area contributed by atoms with E-state index < -0.39 is 5.97 Å². The fraction of sp³-hybridized carbons (Fsp3) is 0.222. The second kappa shape index (κ2) is 7.57. The number of hydrogen-bond donors (Lipinski definition) is 1. The van der Waals surface area contributed by atoms with Crippen LogP contribution >= 0.6 is 0 Å². The van der Waals surface area contributed by atoms with Gasteiger partial charge in [-0.15, -0.1) is 0 Å². The zero-order chi connectivity index (χ0) is 17.6. The molecule has 3 rings (SSSR count). The lowest BCUT2D eigenvalue weighted by Crippen LogP contribution is -2.18. The summed E-state index contributed by atoms with van der Waals surface area (Å²) in [5.74, 6) is 0.181. The van der Waals surface area contributed by atoms with Gasteiger partial charge in [0.1, 0.15) is 0 Å². The topological polar surface area (TPSA) is 89.9 Å². The summed E-state index contributed by atoms with van der Waals surface area (Å²) in [6.45, 7) is 0. The first-order valence-corrected chi connectivity index (χ1v) is 7.80. The average Bonchev–Trinajstić information content (AvgIpc) is 3.48. The molecule has 2 aromatic rings. The number of nitrogens with zero attached hydrogens (tertiary/aromatic N) is 2. The van der Waals surface area contributed by atoms with Gasteiger partial charge in [0.05, 0.1) is 18.9 Å². The highest BCUT2D eigenvalue weighted by Crippen LogP contribution is 2.29. The molecule has 7 nitrogen and oxygen atoms in total. The van der Waals surface area contributed by atoms with Gasteiger partial charge in [-0.25, -0.2) is 10.2 Å². The zero-order valence-corrected chi connectivity index (χ0v) is 13.6. The van der Waals surface area contributed by atoms with E-state index in [9.17, 15) is 9.59 Å². The van der Waals surface area contributed by atoms with E-state index in [0.717, 1.165) is 12.8 Å². The second-order valence-corrected chi connectivity index (χ2v) is 5.55. The van der Waals surface area contributed by atoms with Crippen LogP contribution in [0, 0.1) is 5.92 Å². The fourth-order valence-corrected chi connectivity index (χ4v) is 2.10. The molecule has 1 heterocycles. The number of benzene rings is 1. The molecule has 0 radical (unpaired) electrons. The number of methoxy groups -OCH3 is 1. The number of esters is 1. The van der Waals surface area contributed by atoms with E-state index in [2.05, 4.69) is 15.5 Å². The number of ether oxygens (including phenoxy) is 2. The van der Waals surface area contributed by atoms with E-state index in [4.69, 9.17) is 9.47 Å². The maximum Gasteiger partial charge on any atom is 0.345 e. The first-order valence-electron chi connectivity index (χ1n) is 7.80. The minimum atomic E-state index is -0.524. The van der Waals surface area contributed by atoms with Gasteiger partial charge in [-0.1, -0.05) is 0 Å². The van der Waals surface area contributed by atoms with E-state index in [1.54, 1.807) is 36.5 Å². The normalized spacial score (nSPS) is 13.5. The van der Waals surface area contributed by atoms with E-state index >= 15 is 0 Å². The summed E-state index contributed by atoms with van der Waals surface area (Å²) >= 11 is 0. The van der Waals surface area contributed by atoms with Crippen LogP contribution in [-0.4, -0.2) is 30.2 Å². The van der Waals surface area contributed by atoms with E-state index in [0.29, 0.717) is 16.9 Å². The van der Waals surface area contributed by atoms with Gasteiger partial charge in [-0.2, -0.15) is 5.10 Å². The van der Waals surface area contributed by atoms with Crippen LogP contribution in [0.1, 0.15) is 28.8 Å². The number of hydrogen-bond acceptors (Lipinski definition) is 6. The highest BCUT2D eigenvalue weighted by Gasteiger charge is 2.29. The summed E-state index contributed by atoms with van der Waals surface area (Å²) in [5, 5.41) is 3.92. The molecule has 0 aliphatic heterocycles. The Labute approximate surface area is 144 Å². The summed E-state index contributed by atoms with van der Waals surface area (Å²) in [7, 11) is 1.48. The third-order valence-corrected chi connectivity index (χ3v) is 3.62. The van der Waals surface area contributed by atoms with Gasteiger partial charge < -0.3 is 9.47 Å². The van der Waals surface area contributed by atoms with Crippen molar-refractivity contribution < 1.29 is 19.1 Å². The molecule has 1 aromatic heterocycles. The Bertz CT molecular complexity index is 801. The first kappa shape index (κ1) is 16.6. The molecule has 1 aliphatic rings. The molecule has 7 heteroatoms. The van der Waals surface area contributed by atoms with Crippen LogP contribution in [0.5, 0.6) is 11.5 Å². The smallest absolute Gasteiger partial charge is 0.345 e. The number of carbonyl (C=O) groups is 2. The van der Waals surface area contributed by atoms with Crippen molar-refractivity contribution in [2.24, 2.45) is 11.0 Å². The largest absolute Gasteiger partial charge is 0.493 e.